The number of rotatable bonds is 2. The van der Waals surface area contributed by atoms with Gasteiger partial charge in [-0.1, -0.05) is 49.6 Å². The Morgan fingerprint density at radius 3 is 2.48 bits per heavy atom. The summed E-state index contributed by atoms with van der Waals surface area (Å²) in [7, 11) is 0. The summed E-state index contributed by atoms with van der Waals surface area (Å²) in [5, 5.41) is 2.82. The largest absolute Gasteiger partial charge is 0.490 e. The summed E-state index contributed by atoms with van der Waals surface area (Å²) < 4.78 is 6.34. The molecular weight excluding hydrogens is 280 g/mol. The van der Waals surface area contributed by atoms with Crippen LogP contribution in [0.3, 0.4) is 0 Å². The smallest absolute Gasteiger partial charge is 0.120 e. The number of hydrogen-bond donors (Lipinski definition) is 0. The molecule has 2 aromatic rings. The Morgan fingerprint density at radius 1 is 0.952 bits per heavy atom. The van der Waals surface area contributed by atoms with Crippen molar-refractivity contribution in [3.8, 4) is 5.75 Å². The molecule has 2 fully saturated rings. The van der Waals surface area contributed by atoms with Crippen LogP contribution in [0.25, 0.3) is 10.8 Å². The van der Waals surface area contributed by atoms with Gasteiger partial charge in [0.15, 0.2) is 0 Å². The van der Waals surface area contributed by atoms with E-state index in [-0.39, 0.29) is 5.41 Å². The fourth-order valence-electron chi connectivity index (χ4n) is 4.11. The van der Waals surface area contributed by atoms with E-state index in [0.717, 1.165) is 12.2 Å². The Balaban J connectivity index is 1.57. The van der Waals surface area contributed by atoms with Gasteiger partial charge in [-0.3, -0.25) is 0 Å². The second kappa shape index (κ2) is 5.21. The molecule has 0 saturated heterocycles. The summed E-state index contributed by atoms with van der Waals surface area (Å²) in [5.41, 5.74) is 0.242. The molecule has 2 heteroatoms. The minimum Gasteiger partial charge on any atom is -0.490 e. The summed E-state index contributed by atoms with van der Waals surface area (Å²) in [6.45, 7) is 0. The van der Waals surface area contributed by atoms with Gasteiger partial charge in [0.25, 0.3) is 0 Å². The normalized spacial score (nSPS) is 27.5. The van der Waals surface area contributed by atoms with Crippen molar-refractivity contribution in [3.05, 3.63) is 42.5 Å². The molecule has 4 rings (SSSR count). The zero-order valence-corrected chi connectivity index (χ0v) is 13.0. The van der Waals surface area contributed by atoms with Crippen molar-refractivity contribution in [2.45, 2.75) is 50.0 Å². The van der Waals surface area contributed by atoms with Gasteiger partial charge < -0.3 is 4.74 Å². The van der Waals surface area contributed by atoms with E-state index in [1.54, 1.807) is 0 Å². The highest BCUT2D eigenvalue weighted by Gasteiger charge is 2.55. The third-order valence-corrected chi connectivity index (χ3v) is 6.08. The predicted octanol–water partition coefficient (Wildman–Crippen LogP) is 5.55. The number of halogens is 1. The highest BCUT2D eigenvalue weighted by Crippen LogP contribution is 2.55. The summed E-state index contributed by atoms with van der Waals surface area (Å²) in [6, 6.07) is 14.8. The molecule has 0 N–H and O–H groups in total. The maximum atomic E-state index is 6.56. The molecule has 21 heavy (non-hydrogen) atoms. The average Bonchev–Trinajstić information content (AvgIpc) is 2.55. The van der Waals surface area contributed by atoms with E-state index in [1.165, 1.54) is 42.9 Å². The van der Waals surface area contributed by atoms with E-state index in [1.807, 2.05) is 0 Å². The lowest BCUT2D eigenvalue weighted by Gasteiger charge is -2.55. The number of alkyl halides is 1. The Kier molecular flexibility index (Phi) is 3.34. The molecule has 2 aromatic carbocycles. The quantitative estimate of drug-likeness (QED) is 0.661. The van der Waals surface area contributed by atoms with Gasteiger partial charge in [0.05, 0.1) is 0 Å². The van der Waals surface area contributed by atoms with Gasteiger partial charge in [0.2, 0.25) is 0 Å². The van der Waals surface area contributed by atoms with Gasteiger partial charge in [-0.15, -0.1) is 11.6 Å². The molecule has 2 atom stereocenters. The summed E-state index contributed by atoms with van der Waals surface area (Å²) in [6.07, 6.45) is 7.74. The van der Waals surface area contributed by atoms with Gasteiger partial charge in [0, 0.05) is 17.2 Å². The standard InChI is InChI=1S/C19H21ClO/c20-17-13-18(19(17)10-4-1-5-11-19)21-16-9-8-14-6-2-3-7-15(14)12-16/h2-3,6-9,12,17-18H,1,4-5,10-11,13H2. The van der Waals surface area contributed by atoms with Crippen LogP contribution in [-0.4, -0.2) is 11.5 Å². The number of fused-ring (bicyclic) bond motifs is 1. The zero-order chi connectivity index (χ0) is 14.3. The number of hydrogen-bond acceptors (Lipinski definition) is 1. The fraction of sp³-hybridized carbons (Fsp3) is 0.474. The van der Waals surface area contributed by atoms with Crippen LogP contribution in [0, 0.1) is 5.41 Å². The van der Waals surface area contributed by atoms with E-state index in [2.05, 4.69) is 42.5 Å². The fourth-order valence-corrected chi connectivity index (χ4v) is 4.63. The van der Waals surface area contributed by atoms with Crippen LogP contribution in [0.5, 0.6) is 5.75 Å². The van der Waals surface area contributed by atoms with Gasteiger partial charge in [-0.05, 0) is 35.7 Å². The number of ether oxygens (including phenoxy) is 1. The van der Waals surface area contributed by atoms with Crippen LogP contribution in [0.2, 0.25) is 0 Å². The van der Waals surface area contributed by atoms with Crippen molar-refractivity contribution in [1.29, 1.82) is 0 Å². The first-order chi connectivity index (χ1) is 10.3. The monoisotopic (exact) mass is 300 g/mol. The van der Waals surface area contributed by atoms with E-state index >= 15 is 0 Å². The third-order valence-electron chi connectivity index (χ3n) is 5.47. The lowest BCUT2D eigenvalue weighted by Crippen LogP contribution is -2.58. The van der Waals surface area contributed by atoms with Crippen LogP contribution in [-0.2, 0) is 0 Å². The maximum absolute atomic E-state index is 6.56. The molecule has 0 aromatic heterocycles. The Labute approximate surface area is 131 Å². The highest BCUT2D eigenvalue weighted by atomic mass is 35.5. The molecule has 0 amide bonds. The van der Waals surface area contributed by atoms with Crippen LogP contribution in [0.1, 0.15) is 38.5 Å². The predicted molar refractivity (Wildman–Crippen MR) is 88.1 cm³/mol. The summed E-state index contributed by atoms with van der Waals surface area (Å²) >= 11 is 6.56. The van der Waals surface area contributed by atoms with Gasteiger partial charge in [-0.2, -0.15) is 0 Å². The van der Waals surface area contributed by atoms with Crippen molar-refractivity contribution < 1.29 is 4.74 Å². The molecule has 0 heterocycles. The zero-order valence-electron chi connectivity index (χ0n) is 12.2. The number of benzene rings is 2. The first-order valence-electron chi connectivity index (χ1n) is 8.07. The lowest BCUT2D eigenvalue weighted by atomic mass is 9.58. The summed E-state index contributed by atoms with van der Waals surface area (Å²) in [5.74, 6) is 0.993. The van der Waals surface area contributed by atoms with Crippen LogP contribution >= 0.6 is 11.6 Å². The summed E-state index contributed by atoms with van der Waals surface area (Å²) in [4.78, 5) is 0. The molecule has 0 radical (unpaired) electrons. The van der Waals surface area contributed by atoms with E-state index in [0.29, 0.717) is 11.5 Å². The molecule has 1 nitrogen and oxygen atoms in total. The molecule has 0 bridgehead atoms. The van der Waals surface area contributed by atoms with E-state index in [4.69, 9.17) is 16.3 Å². The van der Waals surface area contributed by atoms with Gasteiger partial charge in [-0.25, -0.2) is 0 Å². The average molecular weight is 301 g/mol. The highest BCUT2D eigenvalue weighted by molar-refractivity contribution is 6.21. The van der Waals surface area contributed by atoms with Gasteiger partial charge >= 0.3 is 0 Å². The first kappa shape index (κ1) is 13.5. The maximum Gasteiger partial charge on any atom is 0.120 e. The topological polar surface area (TPSA) is 9.23 Å². The minimum absolute atomic E-state index is 0.242. The van der Waals surface area contributed by atoms with E-state index < -0.39 is 0 Å². The Morgan fingerprint density at radius 2 is 1.71 bits per heavy atom. The second-order valence-corrected chi connectivity index (χ2v) is 7.14. The molecule has 2 aliphatic carbocycles. The molecule has 0 aliphatic heterocycles. The molecule has 2 unspecified atom stereocenters. The van der Waals surface area contributed by atoms with Gasteiger partial charge in [0.1, 0.15) is 11.9 Å². The molecule has 1 spiro atoms. The van der Waals surface area contributed by atoms with Crippen LogP contribution in [0.4, 0.5) is 0 Å². The minimum atomic E-state index is 0.242. The van der Waals surface area contributed by atoms with Crippen LogP contribution in [0.15, 0.2) is 42.5 Å². The van der Waals surface area contributed by atoms with Crippen molar-refractivity contribution in [3.63, 3.8) is 0 Å². The SMILES string of the molecule is ClC1CC(Oc2ccc3ccccc3c2)C12CCCCC2. The lowest BCUT2D eigenvalue weighted by molar-refractivity contribution is -0.0649. The molecule has 2 aliphatic rings. The first-order valence-corrected chi connectivity index (χ1v) is 8.51. The van der Waals surface area contributed by atoms with Crippen molar-refractivity contribution in [2.24, 2.45) is 5.41 Å². The van der Waals surface area contributed by atoms with Crippen molar-refractivity contribution in [1.82, 2.24) is 0 Å². The van der Waals surface area contributed by atoms with Crippen LogP contribution < -0.4 is 4.74 Å². The van der Waals surface area contributed by atoms with Crippen molar-refractivity contribution in [2.75, 3.05) is 0 Å². The Bertz CT molecular complexity index is 645. The van der Waals surface area contributed by atoms with Crippen molar-refractivity contribution >= 4 is 22.4 Å². The molecule has 110 valence electrons. The Hall–Kier alpha value is -1.21. The third kappa shape index (κ3) is 2.23. The second-order valence-electron chi connectivity index (χ2n) is 6.61. The molecule has 2 saturated carbocycles. The molecular formula is C19H21ClO. The van der Waals surface area contributed by atoms with E-state index in [9.17, 15) is 0 Å².